The number of nitrogens with one attached hydrogen (secondary N) is 1. The van der Waals surface area contributed by atoms with E-state index in [-0.39, 0.29) is 29.0 Å². The van der Waals surface area contributed by atoms with Crippen LogP contribution in [0.2, 0.25) is 0 Å². The molecule has 6 heteroatoms. The van der Waals surface area contributed by atoms with Crippen LogP contribution in [0.5, 0.6) is 0 Å². The molecule has 1 saturated carbocycles. The molecule has 0 bridgehead atoms. The lowest BCUT2D eigenvalue weighted by Gasteiger charge is -2.32. The van der Waals surface area contributed by atoms with Crippen LogP contribution in [-0.2, 0) is 9.59 Å². The van der Waals surface area contributed by atoms with Crippen LogP contribution >= 0.6 is 11.8 Å². The third-order valence-corrected chi connectivity index (χ3v) is 5.85. The molecule has 1 aliphatic heterocycles. The standard InChI is InChI=1S/C20H19FN2O2S/c21-15-8-6-14(7-9-15)20-23(17(24)12-26-20)18(13-4-2-1-3-5-13)19(25)22-16-10-11-16/h1-9,16,18,20H,10-12H2,(H,22,25)/t18-,20+/m1/s1. The van der Waals surface area contributed by atoms with Crippen LogP contribution in [0.25, 0.3) is 0 Å². The van der Waals surface area contributed by atoms with Gasteiger partial charge < -0.3 is 10.2 Å². The van der Waals surface area contributed by atoms with Crippen molar-refractivity contribution in [3.8, 4) is 0 Å². The normalized spacial score (nSPS) is 20.9. The van der Waals surface area contributed by atoms with Crippen LogP contribution in [0.1, 0.15) is 35.4 Å². The molecule has 1 aliphatic carbocycles. The lowest BCUT2D eigenvalue weighted by Crippen LogP contribution is -2.43. The van der Waals surface area contributed by atoms with Crippen molar-refractivity contribution in [3.63, 3.8) is 0 Å². The second kappa shape index (κ2) is 7.11. The fourth-order valence-corrected chi connectivity index (χ4v) is 4.38. The van der Waals surface area contributed by atoms with Gasteiger partial charge >= 0.3 is 0 Å². The number of rotatable bonds is 5. The maximum Gasteiger partial charge on any atom is 0.247 e. The predicted molar refractivity (Wildman–Crippen MR) is 98.8 cm³/mol. The number of hydrogen-bond acceptors (Lipinski definition) is 3. The molecule has 2 aromatic rings. The average molecular weight is 370 g/mol. The van der Waals surface area contributed by atoms with Crippen molar-refractivity contribution in [2.45, 2.75) is 30.3 Å². The first kappa shape index (κ1) is 17.1. The molecule has 2 amide bonds. The number of thioether (sulfide) groups is 1. The summed E-state index contributed by atoms with van der Waals surface area (Å²) >= 11 is 1.47. The van der Waals surface area contributed by atoms with E-state index in [9.17, 15) is 14.0 Å². The highest BCUT2D eigenvalue weighted by Gasteiger charge is 2.42. The molecule has 134 valence electrons. The molecule has 0 radical (unpaired) electrons. The maximum atomic E-state index is 13.3. The van der Waals surface area contributed by atoms with E-state index >= 15 is 0 Å². The zero-order chi connectivity index (χ0) is 18.1. The molecule has 0 spiro atoms. The molecular formula is C20H19FN2O2S. The molecular weight excluding hydrogens is 351 g/mol. The topological polar surface area (TPSA) is 49.4 Å². The van der Waals surface area contributed by atoms with E-state index in [1.165, 1.54) is 23.9 Å². The third-order valence-electron chi connectivity index (χ3n) is 4.63. The summed E-state index contributed by atoms with van der Waals surface area (Å²) in [4.78, 5) is 27.3. The van der Waals surface area contributed by atoms with Gasteiger partial charge in [-0.1, -0.05) is 42.5 Å². The Balaban J connectivity index is 1.70. The van der Waals surface area contributed by atoms with Crippen LogP contribution in [0, 0.1) is 5.82 Å². The Morgan fingerprint density at radius 3 is 2.46 bits per heavy atom. The van der Waals surface area contributed by atoms with Gasteiger partial charge in [0.2, 0.25) is 11.8 Å². The van der Waals surface area contributed by atoms with Crippen molar-refractivity contribution >= 4 is 23.6 Å². The minimum absolute atomic E-state index is 0.0795. The summed E-state index contributed by atoms with van der Waals surface area (Å²) in [6, 6.07) is 15.0. The maximum absolute atomic E-state index is 13.3. The van der Waals surface area contributed by atoms with Crippen molar-refractivity contribution in [1.82, 2.24) is 10.2 Å². The predicted octanol–water partition coefficient (Wildman–Crippen LogP) is 3.42. The fourth-order valence-electron chi connectivity index (χ4n) is 3.18. The molecule has 1 saturated heterocycles. The monoisotopic (exact) mass is 370 g/mol. The van der Waals surface area contributed by atoms with Gasteiger partial charge in [-0.05, 0) is 36.1 Å². The van der Waals surface area contributed by atoms with Gasteiger partial charge in [0.1, 0.15) is 17.2 Å². The Hall–Kier alpha value is -2.34. The minimum atomic E-state index is -0.686. The number of benzene rings is 2. The van der Waals surface area contributed by atoms with E-state index < -0.39 is 6.04 Å². The number of carbonyl (C=O) groups is 2. The van der Waals surface area contributed by atoms with Gasteiger partial charge in [-0.15, -0.1) is 11.8 Å². The van der Waals surface area contributed by atoms with Crippen LogP contribution in [-0.4, -0.2) is 28.5 Å². The highest BCUT2D eigenvalue weighted by Crippen LogP contribution is 2.44. The Morgan fingerprint density at radius 2 is 1.81 bits per heavy atom. The number of hydrogen-bond donors (Lipinski definition) is 1. The Kier molecular flexibility index (Phi) is 4.68. The van der Waals surface area contributed by atoms with Gasteiger partial charge in [-0.3, -0.25) is 9.59 Å². The van der Waals surface area contributed by atoms with Crippen molar-refractivity contribution in [1.29, 1.82) is 0 Å². The average Bonchev–Trinajstić information content (AvgIpc) is 3.39. The van der Waals surface area contributed by atoms with Crippen molar-refractivity contribution in [2.24, 2.45) is 0 Å². The van der Waals surface area contributed by atoms with Gasteiger partial charge in [0.15, 0.2) is 0 Å². The minimum Gasteiger partial charge on any atom is -0.351 e. The van der Waals surface area contributed by atoms with E-state index in [2.05, 4.69) is 5.32 Å². The summed E-state index contributed by atoms with van der Waals surface area (Å²) in [7, 11) is 0. The first-order valence-corrected chi connectivity index (χ1v) is 9.72. The zero-order valence-corrected chi connectivity index (χ0v) is 14.9. The Labute approximate surface area is 155 Å². The molecule has 4 nitrogen and oxygen atoms in total. The molecule has 2 aromatic carbocycles. The number of amides is 2. The van der Waals surface area contributed by atoms with E-state index in [1.807, 2.05) is 30.3 Å². The lowest BCUT2D eigenvalue weighted by atomic mass is 10.0. The van der Waals surface area contributed by atoms with Gasteiger partial charge in [-0.25, -0.2) is 4.39 Å². The lowest BCUT2D eigenvalue weighted by molar-refractivity contribution is -0.139. The SMILES string of the molecule is O=C(NC1CC1)[C@@H](c1ccccc1)N1C(=O)CS[C@H]1c1ccc(F)cc1. The first-order valence-electron chi connectivity index (χ1n) is 8.67. The zero-order valence-electron chi connectivity index (χ0n) is 14.1. The Bertz CT molecular complexity index is 808. The second-order valence-corrected chi connectivity index (χ2v) is 7.68. The highest BCUT2D eigenvalue weighted by molar-refractivity contribution is 8.00. The number of carbonyl (C=O) groups excluding carboxylic acids is 2. The molecule has 1 N–H and O–H groups in total. The van der Waals surface area contributed by atoms with Gasteiger partial charge in [0.05, 0.1) is 5.75 Å². The quantitative estimate of drug-likeness (QED) is 0.877. The van der Waals surface area contributed by atoms with Crippen LogP contribution < -0.4 is 5.32 Å². The summed E-state index contributed by atoms with van der Waals surface area (Å²) in [5, 5.41) is 2.72. The molecule has 26 heavy (non-hydrogen) atoms. The largest absolute Gasteiger partial charge is 0.351 e. The van der Waals surface area contributed by atoms with Crippen LogP contribution in [0.4, 0.5) is 4.39 Å². The van der Waals surface area contributed by atoms with E-state index in [1.54, 1.807) is 17.0 Å². The van der Waals surface area contributed by atoms with Crippen molar-refractivity contribution in [3.05, 3.63) is 71.5 Å². The first-order chi connectivity index (χ1) is 12.6. The molecule has 1 heterocycles. The van der Waals surface area contributed by atoms with Gasteiger partial charge in [0.25, 0.3) is 0 Å². The van der Waals surface area contributed by atoms with E-state index in [4.69, 9.17) is 0 Å². The van der Waals surface area contributed by atoms with Crippen LogP contribution in [0.15, 0.2) is 54.6 Å². The van der Waals surface area contributed by atoms with E-state index in [0.29, 0.717) is 5.75 Å². The summed E-state index contributed by atoms with van der Waals surface area (Å²) in [5.41, 5.74) is 1.61. The molecule has 0 aromatic heterocycles. The van der Waals surface area contributed by atoms with Crippen molar-refractivity contribution in [2.75, 3.05) is 5.75 Å². The summed E-state index contributed by atoms with van der Waals surface area (Å²) in [6.45, 7) is 0. The molecule has 2 aliphatic rings. The summed E-state index contributed by atoms with van der Waals surface area (Å²) in [6.07, 6.45) is 1.97. The van der Waals surface area contributed by atoms with Crippen LogP contribution in [0.3, 0.4) is 0 Å². The molecule has 4 rings (SSSR count). The Morgan fingerprint density at radius 1 is 1.12 bits per heavy atom. The summed E-state index contributed by atoms with van der Waals surface area (Å²) in [5.74, 6) is -0.242. The fraction of sp³-hybridized carbons (Fsp3) is 0.300. The number of halogens is 1. The van der Waals surface area contributed by atoms with Gasteiger partial charge in [0, 0.05) is 6.04 Å². The second-order valence-electron chi connectivity index (χ2n) is 6.61. The van der Waals surface area contributed by atoms with Crippen molar-refractivity contribution < 1.29 is 14.0 Å². The number of nitrogens with zero attached hydrogens (tertiary/aromatic N) is 1. The van der Waals surface area contributed by atoms with Gasteiger partial charge in [-0.2, -0.15) is 0 Å². The van der Waals surface area contributed by atoms with E-state index in [0.717, 1.165) is 24.0 Å². The molecule has 2 atom stereocenters. The molecule has 2 fully saturated rings. The highest BCUT2D eigenvalue weighted by atomic mass is 32.2. The third kappa shape index (κ3) is 3.46. The summed E-state index contributed by atoms with van der Waals surface area (Å²) < 4.78 is 13.3. The smallest absolute Gasteiger partial charge is 0.247 e. The molecule has 0 unspecified atom stereocenters.